The number of allylic oxidation sites excluding steroid dienone is 1. The van der Waals surface area contributed by atoms with Gasteiger partial charge in [-0.25, -0.2) is 0 Å². The van der Waals surface area contributed by atoms with E-state index in [1.807, 2.05) is 0 Å². The Balaban J connectivity index is 0. The van der Waals surface area contributed by atoms with Gasteiger partial charge in [0.15, 0.2) is 0 Å². The second-order valence-corrected chi connectivity index (χ2v) is 3.84. The first-order valence-corrected chi connectivity index (χ1v) is 5.64. The Labute approximate surface area is 115 Å². The van der Waals surface area contributed by atoms with Gasteiger partial charge in [-0.05, 0) is 25.8 Å². The monoisotopic (exact) mass is 233 g/mol. The van der Waals surface area contributed by atoms with Gasteiger partial charge in [-0.2, -0.15) is 0 Å². The number of rotatable bonds is 7. The van der Waals surface area contributed by atoms with E-state index >= 15 is 0 Å². The Morgan fingerprint density at radius 3 is 2.41 bits per heavy atom. The van der Waals surface area contributed by atoms with Gasteiger partial charge in [0.05, 0.1) is 12.0 Å². The normalized spacial score (nSPS) is 11.9. The van der Waals surface area contributed by atoms with Crippen LogP contribution < -0.4 is 24.0 Å². The van der Waals surface area contributed by atoms with Crippen LogP contribution in [0.1, 0.15) is 39.5 Å². The van der Waals surface area contributed by atoms with Crippen molar-refractivity contribution in [1.82, 2.24) is 4.90 Å². The first-order chi connectivity index (χ1) is 7.50. The van der Waals surface area contributed by atoms with Crippen LogP contribution in [-0.4, -0.2) is 29.9 Å². The number of nitrogens with zero attached hydrogens (tertiary/aromatic N) is 1. The molecule has 0 aliphatic carbocycles. The van der Waals surface area contributed by atoms with Gasteiger partial charge in [0.25, 0.3) is 0 Å². The van der Waals surface area contributed by atoms with Crippen molar-refractivity contribution in [2.45, 2.75) is 45.6 Å². The van der Waals surface area contributed by atoms with Crippen molar-refractivity contribution in [3.63, 3.8) is 0 Å². The fourth-order valence-electron chi connectivity index (χ4n) is 1.16. The van der Waals surface area contributed by atoms with Crippen LogP contribution in [0.2, 0.25) is 0 Å². The third kappa shape index (κ3) is 8.06. The molecule has 17 heavy (non-hydrogen) atoms. The summed E-state index contributed by atoms with van der Waals surface area (Å²) < 4.78 is 0. The molecule has 0 aliphatic heterocycles. The smallest absolute Gasteiger partial charge is 0.548 e. The fraction of sp³-hybridized carbons (Fsp3) is 0.667. The molecule has 0 radical (unpaired) electrons. The second kappa shape index (κ2) is 10.4. The molecule has 0 saturated carbocycles. The van der Waals surface area contributed by atoms with Gasteiger partial charge in [-0.3, -0.25) is 4.79 Å². The summed E-state index contributed by atoms with van der Waals surface area (Å²) in [7, 11) is 1.46. The van der Waals surface area contributed by atoms with Crippen LogP contribution in [-0.2, 0) is 9.59 Å². The number of carbonyl (C=O) groups excluding carboxylic acids is 2. The zero-order valence-corrected chi connectivity index (χ0v) is 11.2. The summed E-state index contributed by atoms with van der Waals surface area (Å²) in [5, 5.41) is 10.5. The number of hydrogen-bond acceptors (Lipinski definition) is 3. The van der Waals surface area contributed by atoms with E-state index in [1.54, 1.807) is 6.08 Å². The maximum absolute atomic E-state index is 11.5. The van der Waals surface area contributed by atoms with Crippen molar-refractivity contribution in [3.8, 4) is 0 Å². The summed E-state index contributed by atoms with van der Waals surface area (Å²) in [4.78, 5) is 23.2. The maximum atomic E-state index is 11.5. The number of carboxylic acid groups (broad SMARTS) is 1. The third-order valence-electron chi connectivity index (χ3n) is 2.50. The van der Waals surface area contributed by atoms with Gasteiger partial charge in [-0.15, -0.1) is 0 Å². The zero-order chi connectivity index (χ0) is 12.6. The van der Waals surface area contributed by atoms with Crippen LogP contribution in [0.3, 0.4) is 0 Å². The molecule has 0 bridgehead atoms. The largest absolute Gasteiger partial charge is 1.00 e. The predicted molar refractivity (Wildman–Crippen MR) is 60.5 cm³/mol. The summed E-state index contributed by atoms with van der Waals surface area (Å²) in [5.74, 6) is -1.54. The Morgan fingerprint density at radius 2 is 1.94 bits per heavy atom. The Morgan fingerprint density at radius 1 is 1.35 bits per heavy atom. The summed E-state index contributed by atoms with van der Waals surface area (Å²) in [6, 6.07) is -0.896. The SMILES string of the molecule is CCCCC/C=C/C(=O)N(C)C(C)C(=O)[O-].[Li+]. The van der Waals surface area contributed by atoms with Gasteiger partial charge in [0, 0.05) is 7.05 Å². The van der Waals surface area contributed by atoms with E-state index in [0.717, 1.165) is 30.6 Å². The number of carbonyl (C=O) groups is 2. The van der Waals surface area contributed by atoms with Crippen molar-refractivity contribution < 1.29 is 33.6 Å². The van der Waals surface area contributed by atoms with Crippen molar-refractivity contribution in [3.05, 3.63) is 12.2 Å². The van der Waals surface area contributed by atoms with Crippen LogP contribution in [0, 0.1) is 0 Å². The maximum Gasteiger partial charge on any atom is 1.00 e. The minimum atomic E-state index is -1.24. The molecule has 0 aliphatic rings. The van der Waals surface area contributed by atoms with Gasteiger partial charge >= 0.3 is 18.9 Å². The van der Waals surface area contributed by atoms with Crippen molar-refractivity contribution in [1.29, 1.82) is 0 Å². The molecule has 1 amide bonds. The Bertz CT molecular complexity index is 266. The molecule has 4 nitrogen and oxygen atoms in total. The third-order valence-corrected chi connectivity index (χ3v) is 2.50. The van der Waals surface area contributed by atoms with Crippen LogP contribution in [0.25, 0.3) is 0 Å². The van der Waals surface area contributed by atoms with Crippen LogP contribution in [0.5, 0.6) is 0 Å². The molecule has 1 unspecified atom stereocenters. The first-order valence-electron chi connectivity index (χ1n) is 5.64. The minimum absolute atomic E-state index is 0. The van der Waals surface area contributed by atoms with Crippen LogP contribution in [0.4, 0.5) is 0 Å². The summed E-state index contributed by atoms with van der Waals surface area (Å²) in [6.07, 6.45) is 7.41. The molecule has 0 aromatic rings. The van der Waals surface area contributed by atoms with Gasteiger partial charge in [0.2, 0.25) is 5.91 Å². The molecule has 0 N–H and O–H groups in total. The molecule has 0 spiro atoms. The molecule has 1 atom stereocenters. The predicted octanol–water partition coefficient (Wildman–Crippen LogP) is -2.28. The van der Waals surface area contributed by atoms with E-state index in [1.165, 1.54) is 20.0 Å². The number of likely N-dealkylation sites (N-methyl/N-ethyl adjacent to an activating group) is 1. The number of carboxylic acids is 1. The zero-order valence-electron chi connectivity index (χ0n) is 11.2. The molecule has 0 aromatic heterocycles. The van der Waals surface area contributed by atoms with Gasteiger partial charge in [-0.1, -0.05) is 25.8 Å². The summed E-state index contributed by atoms with van der Waals surface area (Å²) in [6.45, 7) is 3.54. The van der Waals surface area contributed by atoms with E-state index in [9.17, 15) is 14.7 Å². The molecule has 0 rings (SSSR count). The van der Waals surface area contributed by atoms with Crippen molar-refractivity contribution in [2.75, 3.05) is 7.05 Å². The topological polar surface area (TPSA) is 60.4 Å². The van der Waals surface area contributed by atoms with E-state index in [-0.39, 0.29) is 24.8 Å². The quantitative estimate of drug-likeness (QED) is 0.283. The average Bonchev–Trinajstić information content (AvgIpc) is 2.26. The molecule has 0 saturated heterocycles. The number of aliphatic carboxylic acids is 1. The molecule has 0 aromatic carbocycles. The van der Waals surface area contributed by atoms with Crippen LogP contribution >= 0.6 is 0 Å². The van der Waals surface area contributed by atoms with Crippen molar-refractivity contribution in [2.24, 2.45) is 0 Å². The molecular formula is C12H20LiNO3. The Kier molecular flexibility index (Phi) is 11.4. The van der Waals surface area contributed by atoms with E-state index in [4.69, 9.17) is 0 Å². The number of unbranched alkanes of at least 4 members (excludes halogenated alkanes) is 3. The Hall–Kier alpha value is -0.723. The standard InChI is InChI=1S/C12H21NO3.Li/c1-4-5-6-7-8-9-11(14)13(3)10(2)12(15)16;/h8-10H,4-7H2,1-3H3,(H,15,16);/q;+1/p-1/b9-8+;. The molecular weight excluding hydrogens is 213 g/mol. The molecule has 92 valence electrons. The van der Waals surface area contributed by atoms with E-state index in [0.29, 0.717) is 0 Å². The van der Waals surface area contributed by atoms with E-state index < -0.39 is 12.0 Å². The first kappa shape index (κ1) is 18.6. The number of hydrogen-bond donors (Lipinski definition) is 0. The number of amides is 1. The van der Waals surface area contributed by atoms with E-state index in [2.05, 4.69) is 6.92 Å². The van der Waals surface area contributed by atoms with Crippen LogP contribution in [0.15, 0.2) is 12.2 Å². The second-order valence-electron chi connectivity index (χ2n) is 3.84. The summed E-state index contributed by atoms with van der Waals surface area (Å²) >= 11 is 0. The van der Waals surface area contributed by atoms with Gasteiger partial charge in [0.1, 0.15) is 0 Å². The minimum Gasteiger partial charge on any atom is -0.548 e. The molecule has 5 heteroatoms. The van der Waals surface area contributed by atoms with Gasteiger partial charge < -0.3 is 14.8 Å². The summed E-state index contributed by atoms with van der Waals surface area (Å²) in [5.41, 5.74) is 0. The average molecular weight is 233 g/mol. The fourth-order valence-corrected chi connectivity index (χ4v) is 1.16. The molecule has 0 fully saturated rings. The molecule has 0 heterocycles. The van der Waals surface area contributed by atoms with Crippen molar-refractivity contribution >= 4 is 11.9 Å².